The predicted octanol–water partition coefficient (Wildman–Crippen LogP) is 3.21. The van der Waals surface area contributed by atoms with Crippen molar-refractivity contribution >= 4 is 27.7 Å². The van der Waals surface area contributed by atoms with Gasteiger partial charge in [-0.3, -0.25) is 9.59 Å². The molecule has 0 aromatic heterocycles. The summed E-state index contributed by atoms with van der Waals surface area (Å²) < 4.78 is 0.865. The summed E-state index contributed by atoms with van der Waals surface area (Å²) in [5.41, 5.74) is -0.336. The number of hydrogen-bond acceptors (Lipinski definition) is 2. The molecule has 0 amide bonds. The van der Waals surface area contributed by atoms with Gasteiger partial charge >= 0.3 is 5.97 Å². The van der Waals surface area contributed by atoms with Crippen molar-refractivity contribution in [2.45, 2.75) is 32.1 Å². The Morgan fingerprint density at radius 1 is 1.33 bits per heavy atom. The summed E-state index contributed by atoms with van der Waals surface area (Å²) in [5, 5.41) is 9.48. The summed E-state index contributed by atoms with van der Waals surface area (Å²) in [4.78, 5) is 23.6. The van der Waals surface area contributed by atoms with Crippen molar-refractivity contribution in [2.75, 3.05) is 0 Å². The first kappa shape index (κ1) is 13.3. The SMILES string of the molecule is O=C(O)C1(Cc2ccccc2Br)CCCCC1=O. The molecule has 2 rings (SSSR count). The van der Waals surface area contributed by atoms with Crippen LogP contribution >= 0.6 is 15.9 Å². The van der Waals surface area contributed by atoms with Crippen LogP contribution in [0.5, 0.6) is 0 Å². The van der Waals surface area contributed by atoms with Gasteiger partial charge in [-0.25, -0.2) is 0 Å². The fraction of sp³-hybridized carbons (Fsp3) is 0.429. The van der Waals surface area contributed by atoms with Gasteiger partial charge in [0.05, 0.1) is 0 Å². The number of aliphatic carboxylic acids is 1. The van der Waals surface area contributed by atoms with Crippen molar-refractivity contribution in [1.29, 1.82) is 0 Å². The third-order valence-corrected chi connectivity index (χ3v) is 4.42. The zero-order valence-corrected chi connectivity index (χ0v) is 11.6. The normalized spacial score (nSPS) is 23.9. The second kappa shape index (κ2) is 5.22. The van der Waals surface area contributed by atoms with Crippen molar-refractivity contribution in [3.05, 3.63) is 34.3 Å². The van der Waals surface area contributed by atoms with Gasteiger partial charge in [0.25, 0.3) is 0 Å². The van der Waals surface area contributed by atoms with Gasteiger partial charge in [0.15, 0.2) is 5.78 Å². The third-order valence-electron chi connectivity index (χ3n) is 3.65. The quantitative estimate of drug-likeness (QED) is 0.872. The van der Waals surface area contributed by atoms with Crippen molar-refractivity contribution in [1.82, 2.24) is 0 Å². The molecule has 1 unspecified atom stereocenters. The molecule has 1 fully saturated rings. The molecule has 1 aliphatic carbocycles. The van der Waals surface area contributed by atoms with E-state index in [9.17, 15) is 14.7 Å². The van der Waals surface area contributed by atoms with Crippen LogP contribution in [0.1, 0.15) is 31.2 Å². The number of rotatable bonds is 3. The van der Waals surface area contributed by atoms with Crippen molar-refractivity contribution in [2.24, 2.45) is 5.41 Å². The zero-order valence-electron chi connectivity index (χ0n) is 9.99. The highest BCUT2D eigenvalue weighted by molar-refractivity contribution is 9.10. The van der Waals surface area contributed by atoms with Crippen LogP contribution in [-0.4, -0.2) is 16.9 Å². The maximum absolute atomic E-state index is 12.1. The minimum absolute atomic E-state index is 0.128. The van der Waals surface area contributed by atoms with E-state index in [1.54, 1.807) is 0 Å². The van der Waals surface area contributed by atoms with Gasteiger partial charge in [-0.2, -0.15) is 0 Å². The fourth-order valence-corrected chi connectivity index (χ4v) is 2.97. The molecule has 4 heteroatoms. The van der Waals surface area contributed by atoms with Crippen LogP contribution in [0.2, 0.25) is 0 Å². The third kappa shape index (κ3) is 2.34. The molecule has 1 atom stereocenters. The Morgan fingerprint density at radius 3 is 2.67 bits per heavy atom. The van der Waals surface area contributed by atoms with Crippen LogP contribution in [0.15, 0.2) is 28.7 Å². The molecule has 1 N–H and O–H groups in total. The first-order chi connectivity index (χ1) is 8.56. The lowest BCUT2D eigenvalue weighted by Gasteiger charge is -2.32. The molecule has 0 bridgehead atoms. The second-order valence-electron chi connectivity index (χ2n) is 4.79. The monoisotopic (exact) mass is 310 g/mol. The van der Waals surface area contributed by atoms with Crippen LogP contribution < -0.4 is 0 Å². The highest BCUT2D eigenvalue weighted by Crippen LogP contribution is 2.38. The van der Waals surface area contributed by atoms with E-state index in [1.165, 1.54) is 0 Å². The van der Waals surface area contributed by atoms with Crippen molar-refractivity contribution < 1.29 is 14.7 Å². The van der Waals surface area contributed by atoms with E-state index >= 15 is 0 Å². The smallest absolute Gasteiger partial charge is 0.317 e. The lowest BCUT2D eigenvalue weighted by Crippen LogP contribution is -2.43. The fourth-order valence-electron chi connectivity index (χ4n) is 2.55. The summed E-state index contributed by atoms with van der Waals surface area (Å²) in [6, 6.07) is 7.49. The number of carboxylic acid groups (broad SMARTS) is 1. The average molecular weight is 311 g/mol. The minimum Gasteiger partial charge on any atom is -0.480 e. The van der Waals surface area contributed by atoms with Crippen LogP contribution in [-0.2, 0) is 16.0 Å². The molecule has 1 aromatic rings. The number of carboxylic acids is 1. The molecule has 1 aliphatic rings. The molecule has 0 radical (unpaired) electrons. The van der Waals surface area contributed by atoms with Gasteiger partial charge in [0.2, 0.25) is 0 Å². The van der Waals surface area contributed by atoms with E-state index in [4.69, 9.17) is 0 Å². The second-order valence-corrected chi connectivity index (χ2v) is 5.64. The highest BCUT2D eigenvalue weighted by atomic mass is 79.9. The van der Waals surface area contributed by atoms with Crippen molar-refractivity contribution in [3.63, 3.8) is 0 Å². The largest absolute Gasteiger partial charge is 0.480 e. The number of carbonyl (C=O) groups excluding carboxylic acids is 1. The Balaban J connectivity index is 2.35. The van der Waals surface area contributed by atoms with E-state index in [-0.39, 0.29) is 12.2 Å². The molecule has 18 heavy (non-hydrogen) atoms. The molecule has 3 nitrogen and oxygen atoms in total. The van der Waals surface area contributed by atoms with E-state index in [1.807, 2.05) is 24.3 Å². The van der Waals surface area contributed by atoms with E-state index in [0.29, 0.717) is 12.8 Å². The molecule has 0 saturated heterocycles. The standard InChI is InChI=1S/C14H15BrO3/c15-11-6-2-1-5-10(11)9-14(13(17)18)8-4-3-7-12(14)16/h1-2,5-6H,3-4,7-9H2,(H,17,18). The van der Waals surface area contributed by atoms with Gasteiger partial charge in [-0.05, 0) is 30.9 Å². The summed E-state index contributed by atoms with van der Waals surface area (Å²) >= 11 is 3.41. The molecule has 1 saturated carbocycles. The van der Waals surface area contributed by atoms with E-state index < -0.39 is 11.4 Å². The van der Waals surface area contributed by atoms with Crippen LogP contribution in [0.3, 0.4) is 0 Å². The van der Waals surface area contributed by atoms with Gasteiger partial charge in [-0.15, -0.1) is 0 Å². The van der Waals surface area contributed by atoms with Crippen LogP contribution in [0.25, 0.3) is 0 Å². The van der Waals surface area contributed by atoms with Crippen LogP contribution in [0.4, 0.5) is 0 Å². The Bertz CT molecular complexity index is 484. The summed E-state index contributed by atoms with van der Waals surface area (Å²) in [6.45, 7) is 0. The molecular weight excluding hydrogens is 296 g/mol. The number of halogens is 1. The topological polar surface area (TPSA) is 54.4 Å². The number of Topliss-reactive ketones (excluding diaryl/α,β-unsaturated/α-hetero) is 1. The lowest BCUT2D eigenvalue weighted by atomic mass is 9.69. The molecule has 0 aliphatic heterocycles. The maximum Gasteiger partial charge on any atom is 0.317 e. The Labute approximate surface area is 114 Å². The van der Waals surface area contributed by atoms with E-state index in [0.717, 1.165) is 22.9 Å². The predicted molar refractivity (Wildman–Crippen MR) is 71.4 cm³/mol. The first-order valence-corrected chi connectivity index (χ1v) is 6.86. The number of benzene rings is 1. The Morgan fingerprint density at radius 2 is 2.06 bits per heavy atom. The number of carbonyl (C=O) groups is 2. The average Bonchev–Trinajstić information content (AvgIpc) is 2.34. The summed E-state index contributed by atoms with van der Waals surface area (Å²) in [7, 11) is 0. The van der Waals surface area contributed by atoms with Gasteiger partial charge < -0.3 is 5.11 Å². The van der Waals surface area contributed by atoms with Gasteiger partial charge in [-0.1, -0.05) is 40.5 Å². The molecular formula is C14H15BrO3. The molecule has 0 heterocycles. The lowest BCUT2D eigenvalue weighted by molar-refractivity contribution is -0.157. The first-order valence-electron chi connectivity index (χ1n) is 6.06. The van der Waals surface area contributed by atoms with Crippen LogP contribution in [0, 0.1) is 5.41 Å². The molecule has 96 valence electrons. The van der Waals surface area contributed by atoms with Gasteiger partial charge in [0.1, 0.15) is 5.41 Å². The summed E-state index contributed by atoms with van der Waals surface area (Å²) in [5.74, 6) is -1.11. The zero-order chi connectivity index (χ0) is 13.2. The molecule has 0 spiro atoms. The molecule has 1 aromatic carbocycles. The van der Waals surface area contributed by atoms with Crippen molar-refractivity contribution in [3.8, 4) is 0 Å². The summed E-state index contributed by atoms with van der Waals surface area (Å²) in [6.07, 6.45) is 2.73. The maximum atomic E-state index is 12.1. The Hall–Kier alpha value is -1.16. The minimum atomic E-state index is -1.22. The van der Waals surface area contributed by atoms with E-state index in [2.05, 4.69) is 15.9 Å². The number of ketones is 1. The Kier molecular flexibility index (Phi) is 3.85. The van der Waals surface area contributed by atoms with Gasteiger partial charge in [0, 0.05) is 10.9 Å². The number of hydrogen-bond donors (Lipinski definition) is 1. The highest BCUT2D eigenvalue weighted by Gasteiger charge is 2.46.